The summed E-state index contributed by atoms with van der Waals surface area (Å²) in [6.45, 7) is 5.21. The van der Waals surface area contributed by atoms with Crippen molar-refractivity contribution in [3.05, 3.63) is 120 Å². The molecular formula is C63H82N18O11. The number of fused-ring (bicyclic) bond motifs is 2. The summed E-state index contributed by atoms with van der Waals surface area (Å²) in [6, 6.07) is 8.66. The summed E-state index contributed by atoms with van der Waals surface area (Å²) >= 11 is 0. The Bertz CT molecular complexity index is 3590. The van der Waals surface area contributed by atoms with E-state index in [1.165, 1.54) is 29.9 Å². The summed E-state index contributed by atoms with van der Waals surface area (Å²) in [7, 11) is 0. The molecule has 0 saturated carbocycles. The number of likely N-dealkylation sites (N-methyl/N-ethyl adjacent to an activating group) is 1. The van der Waals surface area contributed by atoms with Gasteiger partial charge in [-0.3, -0.25) is 52.9 Å². The van der Waals surface area contributed by atoms with Crippen molar-refractivity contribution in [1.82, 2.24) is 77.7 Å². The van der Waals surface area contributed by atoms with Crippen molar-refractivity contribution in [1.29, 1.82) is 0 Å². The summed E-state index contributed by atoms with van der Waals surface area (Å²) in [5.74, 6) is -7.32. The molecule has 0 bridgehead atoms. The first kappa shape index (κ1) is 67.7. The van der Waals surface area contributed by atoms with Gasteiger partial charge in [-0.1, -0.05) is 74.5 Å². The Morgan fingerprint density at radius 3 is 1.85 bits per heavy atom. The zero-order valence-corrected chi connectivity index (χ0v) is 51.6. The Morgan fingerprint density at radius 1 is 0.663 bits per heavy atom. The van der Waals surface area contributed by atoms with Crippen molar-refractivity contribution in [3.8, 4) is 0 Å². The molecule has 10 amide bonds. The molecule has 8 rings (SSSR count). The third kappa shape index (κ3) is 18.7. The minimum absolute atomic E-state index is 0.0775. The Balaban J connectivity index is 1.04. The number of para-hydroxylation sites is 1. The SMILES string of the molecule is CCNC(=O)[C@@H]1CCCN1C(=O)[C@H](CCCN=C(N)N)NC(=O)[C@H](CC(C)C)NC(=O)[C@@H](Cc1ccc2ccccc2c1)NC(=O)[C@H](Cc1cnc[nH]1)NC(=O)[C@H](CO)NC(=O)[C@H](Cc1c[nH]c2ccccc12)NC(=O)[C@H](Cc1cnc[nH]1)NC(=O)[C@@H]1CCC(=O)N1. The van der Waals surface area contributed by atoms with Gasteiger partial charge in [-0.05, 0) is 79.3 Å². The Kier molecular flexibility index (Phi) is 23.9. The van der Waals surface area contributed by atoms with Crippen LogP contribution in [0.2, 0.25) is 0 Å². The molecule has 0 radical (unpaired) electrons. The molecule has 6 aromatic rings. The number of rotatable bonds is 32. The van der Waals surface area contributed by atoms with E-state index in [0.29, 0.717) is 47.3 Å². The summed E-state index contributed by atoms with van der Waals surface area (Å²) in [4.78, 5) is 164. The molecule has 5 heterocycles. The number of imidazole rings is 2. The fourth-order valence-electron chi connectivity index (χ4n) is 11.4. The number of nitrogens with two attached hydrogens (primary N) is 2. The highest BCUT2D eigenvalue weighted by atomic mass is 16.3. The number of aliphatic hydroxyl groups is 1. The van der Waals surface area contributed by atoms with Crippen molar-refractivity contribution in [2.75, 3.05) is 26.2 Å². The van der Waals surface area contributed by atoms with Crippen molar-refractivity contribution in [3.63, 3.8) is 0 Å². The minimum Gasteiger partial charge on any atom is -0.394 e. The highest BCUT2D eigenvalue weighted by molar-refractivity contribution is 6.00. The van der Waals surface area contributed by atoms with Crippen LogP contribution in [-0.2, 0) is 73.6 Å². The maximum Gasteiger partial charge on any atom is 0.245 e. The number of aromatic nitrogens is 5. The third-order valence-corrected chi connectivity index (χ3v) is 16.1. The van der Waals surface area contributed by atoms with E-state index in [9.17, 15) is 48.3 Å². The monoisotopic (exact) mass is 1270 g/mol. The lowest BCUT2D eigenvalue weighted by molar-refractivity contribution is -0.142. The Morgan fingerprint density at radius 2 is 1.24 bits per heavy atom. The molecule has 2 aliphatic rings. The molecule has 2 aliphatic heterocycles. The molecule has 29 heteroatoms. The van der Waals surface area contributed by atoms with Gasteiger partial charge in [-0.25, -0.2) is 9.97 Å². The van der Waals surface area contributed by atoms with Crippen molar-refractivity contribution in [2.24, 2.45) is 22.4 Å². The van der Waals surface area contributed by atoms with E-state index in [0.717, 1.165) is 16.3 Å². The maximum absolute atomic E-state index is 15.0. The van der Waals surface area contributed by atoms with E-state index in [2.05, 4.69) is 77.8 Å². The summed E-state index contributed by atoms with van der Waals surface area (Å²) in [6.07, 6.45) is 8.35. The molecule has 29 nitrogen and oxygen atoms in total. The number of nitrogens with zero attached hydrogens (tertiary/aromatic N) is 4. The largest absolute Gasteiger partial charge is 0.394 e. The molecule has 0 spiro atoms. The van der Waals surface area contributed by atoms with Crippen LogP contribution < -0.4 is 59.3 Å². The number of amides is 10. The zero-order valence-electron chi connectivity index (χ0n) is 51.6. The van der Waals surface area contributed by atoms with Gasteiger partial charge < -0.3 is 84.3 Å². The van der Waals surface area contributed by atoms with E-state index in [4.69, 9.17) is 11.5 Å². The summed E-state index contributed by atoms with van der Waals surface area (Å²) < 4.78 is 0. The number of aromatic amines is 3. The van der Waals surface area contributed by atoms with Crippen LogP contribution in [0, 0.1) is 5.92 Å². The predicted molar refractivity (Wildman–Crippen MR) is 339 cm³/mol. The molecule has 9 atom stereocenters. The van der Waals surface area contributed by atoms with Gasteiger partial charge in [0.15, 0.2) is 5.96 Å². The van der Waals surface area contributed by atoms with Crippen molar-refractivity contribution in [2.45, 2.75) is 146 Å². The van der Waals surface area contributed by atoms with Gasteiger partial charge in [-0.2, -0.15) is 0 Å². The topological polar surface area (TPSA) is 440 Å². The number of hydrogen-bond donors (Lipinski definition) is 15. The van der Waals surface area contributed by atoms with Gasteiger partial charge in [0, 0.05) is 92.6 Å². The quantitative estimate of drug-likeness (QED) is 0.0136. The van der Waals surface area contributed by atoms with Crippen molar-refractivity contribution >= 4 is 86.7 Å². The highest BCUT2D eigenvalue weighted by Crippen LogP contribution is 2.23. The molecule has 0 aliphatic carbocycles. The van der Waals surface area contributed by atoms with E-state index < -0.39 is 108 Å². The van der Waals surface area contributed by atoms with Crippen LogP contribution in [0.25, 0.3) is 21.7 Å². The third-order valence-electron chi connectivity index (χ3n) is 16.1. The van der Waals surface area contributed by atoms with Crippen LogP contribution in [0.3, 0.4) is 0 Å². The van der Waals surface area contributed by atoms with Crippen LogP contribution >= 0.6 is 0 Å². The number of aliphatic imine (C=N–C) groups is 1. The zero-order chi connectivity index (χ0) is 65.8. The molecule has 490 valence electrons. The van der Waals surface area contributed by atoms with Crippen LogP contribution in [0.4, 0.5) is 0 Å². The molecule has 3 aromatic carbocycles. The Hall–Kier alpha value is -10.2. The Labute approximate surface area is 530 Å². The number of carbonyl (C=O) groups excluding carboxylic acids is 10. The number of likely N-dealkylation sites (tertiary alicyclic amines) is 1. The van der Waals surface area contributed by atoms with Gasteiger partial charge in [0.2, 0.25) is 59.1 Å². The number of carbonyl (C=O) groups is 10. The number of nitrogens with one attached hydrogen (secondary N) is 12. The maximum atomic E-state index is 15.0. The summed E-state index contributed by atoms with van der Waals surface area (Å²) in [5, 5.41) is 37.8. The average Bonchev–Trinajstić information content (AvgIpc) is 2.50. The number of hydrogen-bond acceptors (Lipinski definition) is 14. The number of H-pyrrole nitrogens is 3. The van der Waals surface area contributed by atoms with E-state index >= 15 is 4.79 Å². The smallest absolute Gasteiger partial charge is 0.245 e. The standard InChI is InChI=1S/C63H82N18O11/c1-4-68-61(91)52-16-10-22-81(52)62(92)45(15-9-21-69-63(64)65)74-55(85)46(23-35(2)3)75-56(86)47(25-36-17-18-37-11-5-6-12-38(37)24-36)76-58(88)50(28-41-31-67-34-72-41)79-60(90)51(32-82)80-57(87)48(26-39-29-70-43-14-8-7-13-42(39)43)77-59(89)49(27-40-30-66-33-71-40)78-54(84)44-19-20-53(83)73-44/h5-8,11-14,17-18,24,29-31,33-35,44-52,70,82H,4,9-10,15-16,19-23,25-28,32H2,1-3H3,(H,66,71)(H,67,72)(H,68,91)(H,73,83)(H,74,85)(H,75,86)(H,76,88)(H,77,89)(H,78,84)(H,79,90)(H,80,87)(H4,64,65,69)/t44-,45-,46-,47+,48-,49-,50-,51-,52-/m0/s1. The van der Waals surface area contributed by atoms with E-state index in [1.807, 2.05) is 68.4 Å². The van der Waals surface area contributed by atoms with Crippen LogP contribution in [0.5, 0.6) is 0 Å². The number of aliphatic hydroxyl groups excluding tert-OH is 1. The van der Waals surface area contributed by atoms with Gasteiger partial charge in [0.25, 0.3) is 0 Å². The normalized spacial score (nSPS) is 16.8. The average molecular weight is 1270 g/mol. The number of benzene rings is 3. The number of guanidine groups is 1. The first-order valence-corrected chi connectivity index (χ1v) is 30.9. The second kappa shape index (κ2) is 32.5. The molecule has 0 unspecified atom stereocenters. The van der Waals surface area contributed by atoms with E-state index in [-0.39, 0.29) is 94.6 Å². The molecule has 2 fully saturated rings. The second-order valence-corrected chi connectivity index (χ2v) is 23.4. The van der Waals surface area contributed by atoms with Gasteiger partial charge in [-0.15, -0.1) is 0 Å². The van der Waals surface area contributed by atoms with Crippen LogP contribution in [0.1, 0.15) is 88.2 Å². The fourth-order valence-corrected chi connectivity index (χ4v) is 11.4. The minimum atomic E-state index is -1.76. The lowest BCUT2D eigenvalue weighted by atomic mass is 9.98. The highest BCUT2D eigenvalue weighted by Gasteiger charge is 2.40. The molecule has 2 saturated heterocycles. The second-order valence-electron chi connectivity index (χ2n) is 23.4. The first-order chi connectivity index (χ1) is 44.3. The summed E-state index contributed by atoms with van der Waals surface area (Å²) in [5.41, 5.74) is 13.9. The lowest BCUT2D eigenvalue weighted by Gasteiger charge is -2.30. The van der Waals surface area contributed by atoms with Gasteiger partial charge >= 0.3 is 0 Å². The van der Waals surface area contributed by atoms with Gasteiger partial charge in [0.05, 0.1) is 19.3 Å². The lowest BCUT2D eigenvalue weighted by Crippen LogP contribution is -2.61. The van der Waals surface area contributed by atoms with Gasteiger partial charge in [0.1, 0.15) is 54.4 Å². The predicted octanol–water partition coefficient (Wildman–Crippen LogP) is -1.07. The van der Waals surface area contributed by atoms with Crippen molar-refractivity contribution < 1.29 is 53.1 Å². The molecular weight excluding hydrogens is 1180 g/mol. The van der Waals surface area contributed by atoms with Crippen LogP contribution in [0.15, 0.2) is 103 Å². The molecule has 17 N–H and O–H groups in total. The molecule has 3 aromatic heterocycles. The van der Waals surface area contributed by atoms with E-state index in [1.54, 1.807) is 25.3 Å². The fraction of sp³-hybridized carbons (Fsp3) is 0.444. The first-order valence-electron chi connectivity index (χ1n) is 30.9. The van der Waals surface area contributed by atoms with Crippen LogP contribution in [-0.4, -0.2) is 181 Å². The molecule has 92 heavy (non-hydrogen) atoms.